The number of benzene rings is 3. The zero-order valence-corrected chi connectivity index (χ0v) is 22.5. The largest absolute Gasteiger partial charge is 0.507 e. The second-order valence-electron chi connectivity index (χ2n) is 8.96. The molecule has 2 heterocycles. The Bertz CT molecular complexity index is 1630. The summed E-state index contributed by atoms with van der Waals surface area (Å²) in [6.45, 7) is 3.64. The van der Waals surface area contributed by atoms with Crippen LogP contribution >= 0.6 is 23.1 Å². The molecule has 4 aromatic rings. The Morgan fingerprint density at radius 2 is 1.82 bits per heavy atom. The van der Waals surface area contributed by atoms with E-state index in [2.05, 4.69) is 10.2 Å². The highest BCUT2D eigenvalue weighted by Gasteiger charge is 2.48. The summed E-state index contributed by atoms with van der Waals surface area (Å²) in [5.74, 6) is -1.51. The molecule has 196 valence electrons. The number of aliphatic hydroxyl groups is 1. The van der Waals surface area contributed by atoms with Crippen molar-refractivity contribution in [2.75, 3.05) is 4.90 Å². The highest BCUT2D eigenvalue weighted by Crippen LogP contribution is 2.44. The molecule has 1 aliphatic rings. The predicted molar refractivity (Wildman–Crippen MR) is 150 cm³/mol. The third-order valence-corrected chi connectivity index (χ3v) is 8.42. The van der Waals surface area contributed by atoms with Crippen LogP contribution < -0.4 is 4.90 Å². The van der Waals surface area contributed by atoms with Gasteiger partial charge in [-0.15, -0.1) is 10.2 Å². The van der Waals surface area contributed by atoms with Gasteiger partial charge in [-0.25, -0.2) is 0 Å². The van der Waals surface area contributed by atoms with Gasteiger partial charge < -0.3 is 5.11 Å². The lowest BCUT2D eigenvalue weighted by molar-refractivity contribution is -0.384. The molecule has 1 aliphatic heterocycles. The third-order valence-electron chi connectivity index (χ3n) is 6.30. The molecule has 1 atom stereocenters. The minimum absolute atomic E-state index is 0.157. The van der Waals surface area contributed by atoms with Gasteiger partial charge in [0.2, 0.25) is 5.13 Å². The van der Waals surface area contributed by atoms with Crippen molar-refractivity contribution in [3.05, 3.63) is 116 Å². The highest BCUT2D eigenvalue weighted by atomic mass is 32.2. The van der Waals surface area contributed by atoms with Gasteiger partial charge >= 0.3 is 5.91 Å². The van der Waals surface area contributed by atoms with Crippen molar-refractivity contribution in [3.63, 3.8) is 0 Å². The van der Waals surface area contributed by atoms with E-state index in [1.807, 2.05) is 49.4 Å². The number of nitro benzene ring substituents is 1. The van der Waals surface area contributed by atoms with Crippen molar-refractivity contribution >= 4 is 51.4 Å². The van der Waals surface area contributed by atoms with Gasteiger partial charge in [-0.3, -0.25) is 24.6 Å². The molecule has 0 aliphatic carbocycles. The number of Topliss-reactive ketones (excluding diaryl/α,β-unsaturated/α-hetero) is 1. The van der Waals surface area contributed by atoms with Crippen molar-refractivity contribution in [2.45, 2.75) is 30.0 Å². The van der Waals surface area contributed by atoms with Crippen LogP contribution in [0.5, 0.6) is 0 Å². The Balaban J connectivity index is 1.61. The number of carbonyl (C=O) groups excluding carboxylic acids is 2. The van der Waals surface area contributed by atoms with Crippen LogP contribution in [0.15, 0.2) is 82.7 Å². The summed E-state index contributed by atoms with van der Waals surface area (Å²) < 4.78 is 0.586. The number of thioether (sulfide) groups is 1. The Kier molecular flexibility index (Phi) is 7.27. The molecule has 39 heavy (non-hydrogen) atoms. The summed E-state index contributed by atoms with van der Waals surface area (Å²) in [4.78, 5) is 39.0. The lowest BCUT2D eigenvalue weighted by Gasteiger charge is -2.22. The molecule has 1 saturated heterocycles. The van der Waals surface area contributed by atoms with Gasteiger partial charge in [0.15, 0.2) is 4.34 Å². The fourth-order valence-electron chi connectivity index (χ4n) is 4.37. The zero-order valence-electron chi connectivity index (χ0n) is 20.9. The Labute approximate surface area is 232 Å². The number of ketones is 1. The van der Waals surface area contributed by atoms with E-state index in [0.717, 1.165) is 22.5 Å². The molecule has 9 nitrogen and oxygen atoms in total. The van der Waals surface area contributed by atoms with E-state index in [4.69, 9.17) is 0 Å². The number of anilines is 1. The molecule has 1 unspecified atom stereocenters. The van der Waals surface area contributed by atoms with Crippen LogP contribution in [0.2, 0.25) is 0 Å². The normalized spacial score (nSPS) is 16.6. The van der Waals surface area contributed by atoms with E-state index in [1.165, 1.54) is 34.9 Å². The van der Waals surface area contributed by atoms with Gasteiger partial charge in [0.05, 0.1) is 16.5 Å². The summed E-state index contributed by atoms with van der Waals surface area (Å²) in [6, 6.07) is 19.7. The first kappa shape index (κ1) is 26.3. The number of amides is 1. The molecule has 5 rings (SSSR count). The topological polar surface area (TPSA) is 127 Å². The van der Waals surface area contributed by atoms with Gasteiger partial charge in [0.25, 0.3) is 11.5 Å². The number of non-ortho nitro benzene ring substituents is 1. The summed E-state index contributed by atoms with van der Waals surface area (Å²) in [5, 5.41) is 31.5. The Morgan fingerprint density at radius 3 is 2.56 bits per heavy atom. The van der Waals surface area contributed by atoms with Gasteiger partial charge in [-0.2, -0.15) is 0 Å². The molecule has 1 amide bonds. The lowest BCUT2D eigenvalue weighted by Crippen LogP contribution is -2.29. The van der Waals surface area contributed by atoms with Crippen LogP contribution in [0, 0.1) is 24.0 Å². The molecular weight excluding hydrogens is 536 g/mol. The zero-order chi connectivity index (χ0) is 27.7. The molecule has 1 N–H and O–H groups in total. The van der Waals surface area contributed by atoms with E-state index >= 15 is 0 Å². The maximum absolute atomic E-state index is 13.4. The van der Waals surface area contributed by atoms with Crippen LogP contribution in [0.1, 0.15) is 33.9 Å². The molecule has 1 fully saturated rings. The quantitative estimate of drug-likeness (QED) is 0.0558. The van der Waals surface area contributed by atoms with E-state index in [9.17, 15) is 24.8 Å². The van der Waals surface area contributed by atoms with Gasteiger partial charge in [0, 0.05) is 23.4 Å². The molecule has 0 spiro atoms. The molecule has 11 heteroatoms. The monoisotopic (exact) mass is 558 g/mol. The number of hydrogen-bond donors (Lipinski definition) is 1. The first-order valence-corrected chi connectivity index (χ1v) is 13.7. The maximum Gasteiger partial charge on any atom is 0.301 e. The van der Waals surface area contributed by atoms with Crippen LogP contribution in [-0.4, -0.2) is 31.9 Å². The smallest absolute Gasteiger partial charge is 0.301 e. The van der Waals surface area contributed by atoms with Gasteiger partial charge in [-0.05, 0) is 36.6 Å². The van der Waals surface area contributed by atoms with Crippen molar-refractivity contribution in [2.24, 2.45) is 0 Å². The average Bonchev–Trinajstić information content (AvgIpc) is 3.51. The number of nitrogens with zero attached hydrogens (tertiary/aromatic N) is 4. The number of rotatable bonds is 7. The summed E-state index contributed by atoms with van der Waals surface area (Å²) in [6.07, 6.45) is 0. The second-order valence-corrected chi connectivity index (χ2v) is 11.1. The van der Waals surface area contributed by atoms with E-state index in [0.29, 0.717) is 26.8 Å². The molecule has 0 radical (unpaired) electrons. The predicted octanol–water partition coefficient (Wildman–Crippen LogP) is 5.98. The Morgan fingerprint density at radius 1 is 1.05 bits per heavy atom. The van der Waals surface area contributed by atoms with E-state index in [-0.39, 0.29) is 22.2 Å². The fourth-order valence-corrected chi connectivity index (χ4v) is 6.19. The molecule has 1 aromatic heterocycles. The number of aromatic nitrogens is 2. The fraction of sp³-hybridized carbons (Fsp3) is 0.143. The van der Waals surface area contributed by atoms with E-state index < -0.39 is 22.7 Å². The number of aryl methyl sites for hydroxylation is 2. The Hall–Kier alpha value is -4.35. The summed E-state index contributed by atoms with van der Waals surface area (Å²) in [5.41, 5.74) is 2.97. The van der Waals surface area contributed by atoms with Crippen LogP contribution in [0.4, 0.5) is 10.8 Å². The van der Waals surface area contributed by atoms with Crippen LogP contribution in [-0.2, 0) is 15.3 Å². The third kappa shape index (κ3) is 5.18. The van der Waals surface area contributed by atoms with Crippen LogP contribution in [0.3, 0.4) is 0 Å². The highest BCUT2D eigenvalue weighted by molar-refractivity contribution is 8.00. The van der Waals surface area contributed by atoms with E-state index in [1.54, 1.807) is 19.1 Å². The average molecular weight is 559 g/mol. The number of hydrogen-bond acceptors (Lipinski definition) is 9. The van der Waals surface area contributed by atoms with Crippen molar-refractivity contribution in [1.82, 2.24) is 10.2 Å². The van der Waals surface area contributed by atoms with Crippen molar-refractivity contribution in [3.8, 4) is 0 Å². The maximum atomic E-state index is 13.4. The minimum Gasteiger partial charge on any atom is -0.507 e. The molecular formula is C28H22N4O5S2. The molecule has 0 bridgehead atoms. The number of aliphatic hydroxyl groups excluding tert-OH is 1. The van der Waals surface area contributed by atoms with Gasteiger partial charge in [0.1, 0.15) is 5.76 Å². The SMILES string of the molecule is Cc1ccc(C)c(C(O)=C2C(=O)C(=O)N(c3nnc(SCc4ccccc4)s3)C2c2cccc([N+](=O)[O-])c2)c1. The number of carbonyl (C=O) groups is 2. The van der Waals surface area contributed by atoms with Gasteiger partial charge in [-0.1, -0.05) is 83.3 Å². The second kappa shape index (κ2) is 10.8. The van der Waals surface area contributed by atoms with Crippen molar-refractivity contribution in [1.29, 1.82) is 0 Å². The first-order valence-electron chi connectivity index (χ1n) is 11.9. The lowest BCUT2D eigenvalue weighted by atomic mass is 9.93. The summed E-state index contributed by atoms with van der Waals surface area (Å²) >= 11 is 2.57. The number of nitro groups is 1. The summed E-state index contributed by atoms with van der Waals surface area (Å²) in [7, 11) is 0. The van der Waals surface area contributed by atoms with Crippen LogP contribution in [0.25, 0.3) is 5.76 Å². The molecule has 0 saturated carbocycles. The minimum atomic E-state index is -1.13. The first-order chi connectivity index (χ1) is 18.7. The molecule has 3 aromatic carbocycles. The van der Waals surface area contributed by atoms with Crippen molar-refractivity contribution < 1.29 is 19.6 Å². The standard InChI is InChI=1S/C28H22N4O5S2/c1-16-11-12-17(2)21(13-16)24(33)22-23(19-9-6-10-20(14-19)32(36)37)31(26(35)25(22)34)27-29-30-28(39-27)38-15-18-7-4-3-5-8-18/h3-14,23,33H,15H2,1-2H3.